The van der Waals surface area contributed by atoms with Gasteiger partial charge in [0.2, 0.25) is 0 Å². The van der Waals surface area contributed by atoms with E-state index in [2.05, 4.69) is 90.4 Å². The van der Waals surface area contributed by atoms with Crippen LogP contribution >= 0.6 is 0 Å². The van der Waals surface area contributed by atoms with Gasteiger partial charge in [-0.25, -0.2) is 9.97 Å². The Balaban J connectivity index is 1.17. The number of para-hydroxylation sites is 4. The molecule has 0 atom stereocenters. The van der Waals surface area contributed by atoms with E-state index >= 15 is 0 Å². The average molecular weight is 556 g/mol. The van der Waals surface area contributed by atoms with Gasteiger partial charge in [0.25, 0.3) is 0 Å². The molecule has 5 aromatic carbocycles. The number of aryl methyl sites for hydroxylation is 1. The molecule has 4 heterocycles. The summed E-state index contributed by atoms with van der Waals surface area (Å²) in [6, 6.07) is 41.8. The predicted molar refractivity (Wildman–Crippen MR) is 174 cm³/mol. The van der Waals surface area contributed by atoms with Crippen LogP contribution in [-0.4, -0.2) is 14.5 Å². The number of pyridine rings is 1. The van der Waals surface area contributed by atoms with Gasteiger partial charge in [0, 0.05) is 22.9 Å². The molecule has 4 aromatic heterocycles. The molecule has 0 radical (unpaired) electrons. The van der Waals surface area contributed by atoms with Crippen LogP contribution in [0.1, 0.15) is 12.7 Å². The fourth-order valence-electron chi connectivity index (χ4n) is 6.34. The van der Waals surface area contributed by atoms with Crippen molar-refractivity contribution in [1.29, 1.82) is 0 Å². The summed E-state index contributed by atoms with van der Waals surface area (Å²) < 4.78 is 15.1. The number of nitrogens with zero attached hydrogens (tertiary/aromatic N) is 3. The second kappa shape index (κ2) is 9.16. The summed E-state index contributed by atoms with van der Waals surface area (Å²) in [6.45, 7) is 2.15. The first-order chi connectivity index (χ1) is 21.3. The maximum absolute atomic E-state index is 6.42. The number of hydrogen-bond acceptors (Lipinski definition) is 4. The molecule has 204 valence electrons. The molecule has 5 heteroatoms. The first-order valence-electron chi connectivity index (χ1n) is 14.6. The first-order valence-corrected chi connectivity index (χ1v) is 14.6. The van der Waals surface area contributed by atoms with Gasteiger partial charge in [-0.1, -0.05) is 79.7 Å². The maximum atomic E-state index is 6.42. The summed E-state index contributed by atoms with van der Waals surface area (Å²) in [4.78, 5) is 9.91. The molecular formula is C38H25N3O2. The zero-order valence-corrected chi connectivity index (χ0v) is 23.4. The summed E-state index contributed by atoms with van der Waals surface area (Å²) in [5.41, 5.74) is 12.3. The van der Waals surface area contributed by atoms with E-state index in [0.717, 1.165) is 95.4 Å². The van der Waals surface area contributed by atoms with Gasteiger partial charge in [-0.05, 0) is 65.2 Å². The number of imidazole rings is 1. The molecule has 0 saturated carbocycles. The van der Waals surface area contributed by atoms with E-state index in [-0.39, 0.29) is 0 Å². The second-order valence-corrected chi connectivity index (χ2v) is 10.9. The molecule has 0 aliphatic rings. The van der Waals surface area contributed by atoms with Crippen molar-refractivity contribution < 1.29 is 8.83 Å². The van der Waals surface area contributed by atoms with E-state index in [1.54, 1.807) is 0 Å². The lowest BCUT2D eigenvalue weighted by atomic mass is 9.99. The van der Waals surface area contributed by atoms with Gasteiger partial charge in [-0.3, -0.25) is 4.57 Å². The van der Waals surface area contributed by atoms with E-state index in [1.165, 1.54) is 0 Å². The average Bonchev–Trinajstić information content (AvgIpc) is 3.75. The summed E-state index contributed by atoms with van der Waals surface area (Å²) in [6.07, 6.45) is 0.865. The van der Waals surface area contributed by atoms with Gasteiger partial charge in [0.15, 0.2) is 11.2 Å². The Hall–Kier alpha value is -5.68. The van der Waals surface area contributed by atoms with Crippen LogP contribution < -0.4 is 0 Å². The third-order valence-electron chi connectivity index (χ3n) is 8.40. The zero-order valence-electron chi connectivity index (χ0n) is 23.4. The Kier molecular flexibility index (Phi) is 5.11. The lowest BCUT2D eigenvalue weighted by Gasteiger charge is -2.10. The highest BCUT2D eigenvalue weighted by molar-refractivity contribution is 6.18. The molecule has 43 heavy (non-hydrogen) atoms. The largest absolute Gasteiger partial charge is 0.454 e. The van der Waals surface area contributed by atoms with Crippen molar-refractivity contribution >= 4 is 55.2 Å². The van der Waals surface area contributed by atoms with Crippen LogP contribution in [0.5, 0.6) is 0 Å². The first kappa shape index (κ1) is 24.0. The fraction of sp³-hybridized carbons (Fsp3) is 0.0526. The Morgan fingerprint density at radius 1 is 0.558 bits per heavy atom. The van der Waals surface area contributed by atoms with Crippen LogP contribution in [0.25, 0.3) is 83.1 Å². The second-order valence-electron chi connectivity index (χ2n) is 10.9. The molecule has 0 N–H and O–H groups in total. The number of benzene rings is 5. The number of aromatic nitrogens is 3. The van der Waals surface area contributed by atoms with E-state index < -0.39 is 0 Å². The van der Waals surface area contributed by atoms with E-state index in [9.17, 15) is 0 Å². The van der Waals surface area contributed by atoms with E-state index in [1.807, 2.05) is 42.5 Å². The van der Waals surface area contributed by atoms with Crippen molar-refractivity contribution in [3.8, 4) is 27.9 Å². The molecule has 0 bridgehead atoms. The van der Waals surface area contributed by atoms with Gasteiger partial charge in [0.1, 0.15) is 28.0 Å². The number of hydrogen-bond donors (Lipinski definition) is 0. The summed E-state index contributed by atoms with van der Waals surface area (Å²) >= 11 is 0. The SMILES string of the molecule is CCc1nc2ccccc2n1-c1ccc(-c2ccc(-c3c4oc5ccccc5c4nc4c3oc3ccccc34)cc2)cc1. The van der Waals surface area contributed by atoms with Gasteiger partial charge >= 0.3 is 0 Å². The van der Waals surface area contributed by atoms with Crippen LogP contribution in [0, 0.1) is 0 Å². The Morgan fingerprint density at radius 2 is 1.09 bits per heavy atom. The standard InChI is InChI=1S/C38H25N3O2/c1-2-33-39-29-11-5-6-12-30(29)41(33)26-21-19-24(20-22-26)23-15-17-25(18-16-23)34-37-35(27-9-3-7-13-31(27)42-37)40-36-28-10-4-8-14-32(28)43-38(34)36/h3-22H,2H2,1H3. The minimum atomic E-state index is 0.740. The van der Waals surface area contributed by atoms with Crippen molar-refractivity contribution in [3.05, 3.63) is 127 Å². The minimum Gasteiger partial charge on any atom is -0.454 e. The van der Waals surface area contributed by atoms with Crippen molar-refractivity contribution in [2.45, 2.75) is 13.3 Å². The molecule has 0 aliphatic heterocycles. The third-order valence-corrected chi connectivity index (χ3v) is 8.40. The third kappa shape index (κ3) is 3.58. The fourth-order valence-corrected chi connectivity index (χ4v) is 6.34. The Bertz CT molecular complexity index is 2390. The highest BCUT2D eigenvalue weighted by Crippen LogP contribution is 2.43. The highest BCUT2D eigenvalue weighted by Gasteiger charge is 2.22. The number of furan rings is 2. The van der Waals surface area contributed by atoms with Crippen LogP contribution in [0.2, 0.25) is 0 Å². The lowest BCUT2D eigenvalue weighted by Crippen LogP contribution is -1.99. The van der Waals surface area contributed by atoms with Gasteiger partial charge in [-0.15, -0.1) is 0 Å². The van der Waals surface area contributed by atoms with Gasteiger partial charge in [-0.2, -0.15) is 0 Å². The predicted octanol–water partition coefficient (Wildman–Crippen LogP) is 10.1. The Labute approximate surface area is 246 Å². The summed E-state index contributed by atoms with van der Waals surface area (Å²) in [5, 5.41) is 2.00. The highest BCUT2D eigenvalue weighted by atomic mass is 16.3. The minimum absolute atomic E-state index is 0.740. The number of fused-ring (bicyclic) bond motifs is 7. The van der Waals surface area contributed by atoms with Crippen molar-refractivity contribution in [2.75, 3.05) is 0 Å². The van der Waals surface area contributed by atoms with Crippen molar-refractivity contribution in [2.24, 2.45) is 0 Å². The van der Waals surface area contributed by atoms with Gasteiger partial charge in [0.05, 0.1) is 16.6 Å². The molecule has 0 fully saturated rings. The van der Waals surface area contributed by atoms with E-state index in [0.29, 0.717) is 0 Å². The molecule has 0 amide bonds. The molecule has 0 aliphatic carbocycles. The zero-order chi connectivity index (χ0) is 28.5. The van der Waals surface area contributed by atoms with Crippen molar-refractivity contribution in [3.63, 3.8) is 0 Å². The molecule has 0 spiro atoms. The molecule has 5 nitrogen and oxygen atoms in total. The normalized spacial score (nSPS) is 11.9. The number of rotatable bonds is 4. The smallest absolute Gasteiger partial charge is 0.165 e. The maximum Gasteiger partial charge on any atom is 0.165 e. The lowest BCUT2D eigenvalue weighted by molar-refractivity contribution is 0.657. The van der Waals surface area contributed by atoms with Crippen LogP contribution in [0.3, 0.4) is 0 Å². The summed E-state index contributed by atoms with van der Waals surface area (Å²) in [7, 11) is 0. The monoisotopic (exact) mass is 555 g/mol. The van der Waals surface area contributed by atoms with Crippen LogP contribution in [0.4, 0.5) is 0 Å². The molecule has 0 unspecified atom stereocenters. The van der Waals surface area contributed by atoms with Gasteiger partial charge < -0.3 is 8.83 Å². The van der Waals surface area contributed by atoms with Crippen molar-refractivity contribution in [1.82, 2.24) is 14.5 Å². The Morgan fingerprint density at radius 3 is 1.72 bits per heavy atom. The molecule has 0 saturated heterocycles. The quantitative estimate of drug-likeness (QED) is 0.217. The molecular weight excluding hydrogens is 530 g/mol. The van der Waals surface area contributed by atoms with Crippen LogP contribution in [0.15, 0.2) is 130 Å². The van der Waals surface area contributed by atoms with Crippen LogP contribution in [-0.2, 0) is 6.42 Å². The topological polar surface area (TPSA) is 57.0 Å². The van der Waals surface area contributed by atoms with E-state index in [4.69, 9.17) is 18.8 Å². The molecule has 9 aromatic rings. The molecule has 9 rings (SSSR count). The summed E-state index contributed by atoms with van der Waals surface area (Å²) in [5.74, 6) is 1.06.